The standard InChI is InChI=1S/C26H29N5/c1-27-16-19-11-13-20(14-12-19)17-31(18-25-29-22-8-2-3-9-23(22)30-25)24-10-4-6-21-7-5-15-28-26(21)24/h2-3,5,7-9,11-15,24,27H,4,6,10,16-18H2,1H3,(H,29,30). The Morgan fingerprint density at radius 1 is 1.00 bits per heavy atom. The van der Waals surface area contributed by atoms with Crippen LogP contribution in [-0.2, 0) is 26.1 Å². The Bertz CT molecular complexity index is 1110. The third-order valence-electron chi connectivity index (χ3n) is 6.19. The van der Waals surface area contributed by atoms with Crippen molar-refractivity contribution >= 4 is 11.0 Å². The summed E-state index contributed by atoms with van der Waals surface area (Å²) in [6.45, 7) is 2.54. The Balaban J connectivity index is 1.46. The van der Waals surface area contributed by atoms with Gasteiger partial charge in [0.1, 0.15) is 5.82 Å². The zero-order valence-corrected chi connectivity index (χ0v) is 18.0. The number of hydrogen-bond acceptors (Lipinski definition) is 4. The lowest BCUT2D eigenvalue weighted by Crippen LogP contribution is -2.31. The van der Waals surface area contributed by atoms with Gasteiger partial charge in [-0.3, -0.25) is 9.88 Å². The first-order valence-electron chi connectivity index (χ1n) is 11.1. The van der Waals surface area contributed by atoms with E-state index < -0.39 is 0 Å². The van der Waals surface area contributed by atoms with E-state index in [-0.39, 0.29) is 0 Å². The van der Waals surface area contributed by atoms with Crippen molar-refractivity contribution in [1.29, 1.82) is 0 Å². The minimum Gasteiger partial charge on any atom is -0.341 e. The number of fused-ring (bicyclic) bond motifs is 2. The molecule has 2 aromatic carbocycles. The molecule has 1 unspecified atom stereocenters. The molecule has 0 saturated heterocycles. The van der Waals surface area contributed by atoms with Crippen molar-refractivity contribution < 1.29 is 0 Å². The molecule has 1 aliphatic carbocycles. The average molecular weight is 412 g/mol. The molecule has 0 bridgehead atoms. The minimum atomic E-state index is 0.301. The molecule has 5 rings (SSSR count). The van der Waals surface area contributed by atoms with E-state index in [1.807, 2.05) is 19.3 Å². The van der Waals surface area contributed by atoms with Crippen molar-refractivity contribution in [3.8, 4) is 0 Å². The molecule has 1 atom stereocenters. The van der Waals surface area contributed by atoms with Crippen LogP contribution in [0, 0.1) is 0 Å². The molecule has 5 nitrogen and oxygen atoms in total. The van der Waals surface area contributed by atoms with Crippen molar-refractivity contribution in [2.45, 2.75) is 44.9 Å². The molecule has 4 aromatic rings. The largest absolute Gasteiger partial charge is 0.341 e. The highest BCUT2D eigenvalue weighted by Crippen LogP contribution is 2.34. The second kappa shape index (κ2) is 9.00. The van der Waals surface area contributed by atoms with E-state index in [1.54, 1.807) is 0 Å². The van der Waals surface area contributed by atoms with E-state index in [9.17, 15) is 0 Å². The molecular weight excluding hydrogens is 382 g/mol. The molecule has 2 heterocycles. The number of hydrogen-bond donors (Lipinski definition) is 2. The third-order valence-corrected chi connectivity index (χ3v) is 6.19. The maximum atomic E-state index is 4.86. The Hall–Kier alpha value is -3.02. The predicted octanol–water partition coefficient (Wildman–Crippen LogP) is 4.76. The second-order valence-corrected chi connectivity index (χ2v) is 8.41. The molecule has 31 heavy (non-hydrogen) atoms. The van der Waals surface area contributed by atoms with Crippen molar-refractivity contribution in [3.05, 3.63) is 95.1 Å². The fraction of sp³-hybridized carbons (Fsp3) is 0.308. The average Bonchev–Trinajstić information content (AvgIpc) is 3.22. The molecule has 0 amide bonds. The van der Waals surface area contributed by atoms with Gasteiger partial charge >= 0.3 is 0 Å². The predicted molar refractivity (Wildman–Crippen MR) is 124 cm³/mol. The van der Waals surface area contributed by atoms with Crippen LogP contribution in [-0.4, -0.2) is 26.9 Å². The number of pyridine rings is 1. The normalized spacial score (nSPS) is 16.0. The lowest BCUT2D eigenvalue weighted by atomic mass is 9.90. The van der Waals surface area contributed by atoms with E-state index in [2.05, 4.69) is 69.8 Å². The van der Waals surface area contributed by atoms with Gasteiger partial charge in [-0.25, -0.2) is 4.98 Å². The van der Waals surface area contributed by atoms with Gasteiger partial charge in [-0.1, -0.05) is 42.5 Å². The van der Waals surface area contributed by atoms with Gasteiger partial charge in [0.05, 0.1) is 29.3 Å². The highest BCUT2D eigenvalue weighted by Gasteiger charge is 2.28. The molecule has 158 valence electrons. The highest BCUT2D eigenvalue weighted by atomic mass is 15.2. The van der Waals surface area contributed by atoms with Crippen LogP contribution in [0.3, 0.4) is 0 Å². The van der Waals surface area contributed by atoms with Crippen molar-refractivity contribution in [1.82, 2.24) is 25.2 Å². The summed E-state index contributed by atoms with van der Waals surface area (Å²) in [5.74, 6) is 1.01. The SMILES string of the molecule is CNCc1ccc(CN(Cc2nc3ccccc3[nH]2)C2CCCc3cccnc32)cc1. The maximum Gasteiger partial charge on any atom is 0.121 e. The molecule has 1 aliphatic rings. The lowest BCUT2D eigenvalue weighted by molar-refractivity contribution is 0.153. The first kappa shape index (κ1) is 19.9. The quantitative estimate of drug-likeness (QED) is 0.460. The van der Waals surface area contributed by atoms with E-state index in [4.69, 9.17) is 9.97 Å². The first-order chi connectivity index (χ1) is 15.3. The summed E-state index contributed by atoms with van der Waals surface area (Å²) in [4.78, 5) is 15.7. The zero-order chi connectivity index (χ0) is 21.0. The smallest absolute Gasteiger partial charge is 0.121 e. The monoisotopic (exact) mass is 411 g/mol. The molecule has 0 spiro atoms. The summed E-state index contributed by atoms with van der Waals surface area (Å²) < 4.78 is 0. The maximum absolute atomic E-state index is 4.86. The van der Waals surface area contributed by atoms with Crippen LogP contribution >= 0.6 is 0 Å². The van der Waals surface area contributed by atoms with Gasteiger partial charge in [-0.2, -0.15) is 0 Å². The summed E-state index contributed by atoms with van der Waals surface area (Å²) in [5, 5.41) is 3.22. The first-order valence-corrected chi connectivity index (χ1v) is 11.1. The van der Waals surface area contributed by atoms with Crippen LogP contribution in [0.25, 0.3) is 11.0 Å². The van der Waals surface area contributed by atoms with Gasteiger partial charge < -0.3 is 10.3 Å². The number of H-pyrrole nitrogens is 1. The van der Waals surface area contributed by atoms with Crippen LogP contribution in [0.1, 0.15) is 47.1 Å². The topological polar surface area (TPSA) is 56.8 Å². The van der Waals surface area contributed by atoms with Crippen molar-refractivity contribution in [2.75, 3.05) is 7.05 Å². The summed E-state index contributed by atoms with van der Waals surface area (Å²) in [6, 6.07) is 21.8. The van der Waals surface area contributed by atoms with Crippen LogP contribution in [0.4, 0.5) is 0 Å². The van der Waals surface area contributed by atoms with Gasteiger partial charge in [-0.05, 0) is 61.2 Å². The number of rotatable bonds is 7. The fourth-order valence-corrected chi connectivity index (χ4v) is 4.69. The second-order valence-electron chi connectivity index (χ2n) is 8.41. The van der Waals surface area contributed by atoms with Gasteiger partial charge in [0, 0.05) is 19.3 Å². The van der Waals surface area contributed by atoms with Gasteiger partial charge in [-0.15, -0.1) is 0 Å². The number of aromatic nitrogens is 3. The fourth-order valence-electron chi connectivity index (χ4n) is 4.69. The van der Waals surface area contributed by atoms with Crippen LogP contribution < -0.4 is 5.32 Å². The molecule has 2 N–H and O–H groups in total. The molecule has 5 heteroatoms. The summed E-state index contributed by atoms with van der Waals surface area (Å²) >= 11 is 0. The number of nitrogens with zero attached hydrogens (tertiary/aromatic N) is 3. The van der Waals surface area contributed by atoms with Gasteiger partial charge in [0.2, 0.25) is 0 Å². The van der Waals surface area contributed by atoms with E-state index >= 15 is 0 Å². The number of benzene rings is 2. The Morgan fingerprint density at radius 3 is 2.68 bits per heavy atom. The number of aryl methyl sites for hydroxylation is 1. The molecule has 0 aliphatic heterocycles. The zero-order valence-electron chi connectivity index (χ0n) is 18.0. The van der Waals surface area contributed by atoms with Gasteiger partial charge in [0.25, 0.3) is 0 Å². The molecule has 0 saturated carbocycles. The lowest BCUT2D eigenvalue weighted by Gasteiger charge is -2.34. The number of para-hydroxylation sites is 2. The van der Waals surface area contributed by atoms with Crippen molar-refractivity contribution in [3.63, 3.8) is 0 Å². The van der Waals surface area contributed by atoms with E-state index in [0.29, 0.717) is 6.04 Å². The van der Waals surface area contributed by atoms with E-state index in [1.165, 1.54) is 28.8 Å². The summed E-state index contributed by atoms with van der Waals surface area (Å²) in [5.41, 5.74) is 7.36. The minimum absolute atomic E-state index is 0.301. The molecule has 2 aromatic heterocycles. The molecule has 0 fully saturated rings. The third kappa shape index (κ3) is 4.38. The Labute approximate surface area is 183 Å². The summed E-state index contributed by atoms with van der Waals surface area (Å²) in [6.07, 6.45) is 5.38. The van der Waals surface area contributed by atoms with Crippen LogP contribution in [0.5, 0.6) is 0 Å². The molecule has 0 radical (unpaired) electrons. The Morgan fingerprint density at radius 2 is 1.84 bits per heavy atom. The molecular formula is C26H29N5. The van der Waals surface area contributed by atoms with Crippen LogP contribution in [0.15, 0.2) is 66.9 Å². The Kier molecular flexibility index (Phi) is 5.78. The number of nitrogens with one attached hydrogen (secondary N) is 2. The number of aromatic amines is 1. The van der Waals surface area contributed by atoms with E-state index in [0.717, 1.165) is 49.3 Å². The highest BCUT2D eigenvalue weighted by molar-refractivity contribution is 5.74. The number of imidazole rings is 1. The van der Waals surface area contributed by atoms with Gasteiger partial charge in [0.15, 0.2) is 0 Å². The van der Waals surface area contributed by atoms with Crippen LogP contribution in [0.2, 0.25) is 0 Å². The van der Waals surface area contributed by atoms with Crippen molar-refractivity contribution in [2.24, 2.45) is 0 Å². The summed E-state index contributed by atoms with van der Waals surface area (Å²) in [7, 11) is 1.98.